The molecular weight excluding hydrogens is 202 g/mol. The van der Waals surface area contributed by atoms with Gasteiger partial charge in [0.05, 0.1) is 0 Å². The van der Waals surface area contributed by atoms with Crippen LogP contribution in [0.3, 0.4) is 0 Å². The Morgan fingerprint density at radius 3 is 2.19 bits per heavy atom. The predicted octanol–water partition coefficient (Wildman–Crippen LogP) is 1.78. The minimum absolute atomic E-state index is 0.558. The van der Waals surface area contributed by atoms with Crippen molar-refractivity contribution in [1.82, 2.24) is 4.90 Å². The van der Waals surface area contributed by atoms with Crippen molar-refractivity contribution >= 4 is 0 Å². The van der Waals surface area contributed by atoms with E-state index in [1.165, 1.54) is 11.1 Å². The molecule has 0 fully saturated rings. The van der Waals surface area contributed by atoms with Crippen LogP contribution in [-0.2, 0) is 6.54 Å². The highest BCUT2D eigenvalue weighted by atomic mass is 16.3. The molecular formula is C13H21NO2. The molecule has 0 spiro atoms. The van der Waals surface area contributed by atoms with E-state index in [0.717, 1.165) is 5.56 Å². The quantitative estimate of drug-likeness (QED) is 0.765. The zero-order valence-corrected chi connectivity index (χ0v) is 10.4. The van der Waals surface area contributed by atoms with Crippen LogP contribution in [0.1, 0.15) is 30.5 Å². The maximum atomic E-state index is 9.57. The van der Waals surface area contributed by atoms with Gasteiger partial charge in [-0.15, -0.1) is 0 Å². The van der Waals surface area contributed by atoms with Crippen molar-refractivity contribution in [3.8, 4) is 0 Å². The first-order valence-corrected chi connectivity index (χ1v) is 5.60. The predicted molar refractivity (Wildman–Crippen MR) is 64.8 cm³/mol. The van der Waals surface area contributed by atoms with Gasteiger partial charge < -0.3 is 10.2 Å². The van der Waals surface area contributed by atoms with Crippen LogP contribution in [-0.4, -0.2) is 27.6 Å². The first-order chi connectivity index (χ1) is 7.41. The average molecular weight is 223 g/mol. The summed E-state index contributed by atoms with van der Waals surface area (Å²) in [4.78, 5) is 1.64. The minimum atomic E-state index is -0.653. The lowest BCUT2D eigenvalue weighted by Crippen LogP contribution is -2.39. The van der Waals surface area contributed by atoms with Gasteiger partial charge in [-0.3, -0.25) is 0 Å². The summed E-state index contributed by atoms with van der Waals surface area (Å²) in [6, 6.07) is 6.22. The van der Waals surface area contributed by atoms with Crippen molar-refractivity contribution in [2.24, 2.45) is 0 Å². The van der Waals surface area contributed by atoms with E-state index in [9.17, 15) is 10.2 Å². The van der Waals surface area contributed by atoms with Gasteiger partial charge >= 0.3 is 0 Å². The van der Waals surface area contributed by atoms with Gasteiger partial charge in [-0.2, -0.15) is 0 Å². The highest BCUT2D eigenvalue weighted by Crippen LogP contribution is 2.15. The molecule has 0 aromatic heterocycles. The van der Waals surface area contributed by atoms with Crippen LogP contribution in [0.2, 0.25) is 0 Å². The van der Waals surface area contributed by atoms with Gasteiger partial charge in [-0.1, -0.05) is 23.8 Å². The molecule has 0 aliphatic carbocycles. The summed E-state index contributed by atoms with van der Waals surface area (Å²) in [5.74, 6) is 0. The van der Waals surface area contributed by atoms with Crippen molar-refractivity contribution in [3.63, 3.8) is 0 Å². The first kappa shape index (κ1) is 13.2. The third-order valence-electron chi connectivity index (χ3n) is 2.82. The third kappa shape index (κ3) is 3.30. The molecule has 0 amide bonds. The number of aliphatic hydroxyl groups excluding tert-OH is 2. The smallest absolute Gasteiger partial charge is 0.106 e. The molecule has 1 rings (SSSR count). The number of hydrogen-bond acceptors (Lipinski definition) is 3. The van der Waals surface area contributed by atoms with Crippen LogP contribution in [0.15, 0.2) is 18.2 Å². The molecule has 0 saturated carbocycles. The van der Waals surface area contributed by atoms with Gasteiger partial charge in [-0.05, 0) is 38.8 Å². The van der Waals surface area contributed by atoms with Crippen LogP contribution in [0.25, 0.3) is 0 Å². The second kappa shape index (κ2) is 5.43. The Morgan fingerprint density at radius 1 is 1.12 bits per heavy atom. The van der Waals surface area contributed by atoms with Crippen LogP contribution < -0.4 is 0 Å². The fourth-order valence-corrected chi connectivity index (χ4v) is 1.74. The maximum Gasteiger partial charge on any atom is 0.106 e. The summed E-state index contributed by atoms with van der Waals surface area (Å²) in [6.07, 6.45) is -1.31. The SMILES string of the molecule is Cc1ccc(C)c(CN(C(C)O)C(C)O)c1. The molecule has 0 saturated heterocycles. The van der Waals surface area contributed by atoms with Crippen LogP contribution in [0, 0.1) is 13.8 Å². The zero-order valence-electron chi connectivity index (χ0n) is 10.4. The average Bonchev–Trinajstić information content (AvgIpc) is 2.18. The molecule has 0 heterocycles. The number of benzene rings is 1. The lowest BCUT2D eigenvalue weighted by atomic mass is 10.1. The van der Waals surface area contributed by atoms with E-state index in [0.29, 0.717) is 6.54 Å². The summed E-state index contributed by atoms with van der Waals surface area (Å²) in [5, 5.41) is 19.1. The summed E-state index contributed by atoms with van der Waals surface area (Å²) < 4.78 is 0. The van der Waals surface area contributed by atoms with Crippen molar-refractivity contribution < 1.29 is 10.2 Å². The molecule has 90 valence electrons. The van der Waals surface area contributed by atoms with E-state index in [2.05, 4.69) is 18.2 Å². The summed E-state index contributed by atoms with van der Waals surface area (Å²) >= 11 is 0. The number of rotatable bonds is 4. The topological polar surface area (TPSA) is 43.7 Å². The van der Waals surface area contributed by atoms with Crippen LogP contribution >= 0.6 is 0 Å². The number of aryl methyl sites for hydroxylation is 2. The Balaban J connectivity index is 2.89. The van der Waals surface area contributed by atoms with Gasteiger partial charge in [0, 0.05) is 6.54 Å². The van der Waals surface area contributed by atoms with Crippen molar-refractivity contribution in [1.29, 1.82) is 0 Å². The maximum absolute atomic E-state index is 9.57. The van der Waals surface area contributed by atoms with Crippen molar-refractivity contribution in [3.05, 3.63) is 34.9 Å². The highest BCUT2D eigenvalue weighted by Gasteiger charge is 2.17. The second-order valence-corrected chi connectivity index (χ2v) is 4.37. The van der Waals surface area contributed by atoms with E-state index in [-0.39, 0.29) is 0 Å². The number of aliphatic hydroxyl groups is 2. The molecule has 0 aliphatic heterocycles. The standard InChI is InChI=1S/C13H21NO2/c1-9-5-6-10(2)13(7-9)8-14(11(3)15)12(4)16/h5-7,11-12,15-16H,8H2,1-4H3. The highest BCUT2D eigenvalue weighted by molar-refractivity contribution is 5.30. The first-order valence-electron chi connectivity index (χ1n) is 5.60. The van der Waals surface area contributed by atoms with Gasteiger partial charge in [0.15, 0.2) is 0 Å². The largest absolute Gasteiger partial charge is 0.379 e. The molecule has 1 aromatic carbocycles. The third-order valence-corrected chi connectivity index (χ3v) is 2.82. The van der Waals surface area contributed by atoms with E-state index in [4.69, 9.17) is 0 Å². The fourth-order valence-electron chi connectivity index (χ4n) is 1.74. The molecule has 3 heteroatoms. The van der Waals surface area contributed by atoms with Gasteiger partial charge in [0.1, 0.15) is 12.5 Å². The second-order valence-electron chi connectivity index (χ2n) is 4.37. The molecule has 0 bridgehead atoms. The molecule has 2 unspecified atom stereocenters. The van der Waals surface area contributed by atoms with E-state index >= 15 is 0 Å². The van der Waals surface area contributed by atoms with Crippen molar-refractivity contribution in [2.45, 2.75) is 46.7 Å². The van der Waals surface area contributed by atoms with E-state index < -0.39 is 12.5 Å². The van der Waals surface area contributed by atoms with Gasteiger partial charge in [0.2, 0.25) is 0 Å². The lowest BCUT2D eigenvalue weighted by Gasteiger charge is -2.28. The van der Waals surface area contributed by atoms with E-state index in [1.807, 2.05) is 13.8 Å². The molecule has 2 N–H and O–H groups in total. The van der Waals surface area contributed by atoms with Crippen LogP contribution in [0.4, 0.5) is 0 Å². The van der Waals surface area contributed by atoms with Gasteiger partial charge in [-0.25, -0.2) is 4.90 Å². The number of nitrogens with zero attached hydrogens (tertiary/aromatic N) is 1. The summed E-state index contributed by atoms with van der Waals surface area (Å²) in [7, 11) is 0. The summed E-state index contributed by atoms with van der Waals surface area (Å²) in [5.41, 5.74) is 3.51. The molecule has 0 aliphatic rings. The minimum Gasteiger partial charge on any atom is -0.379 e. The molecule has 16 heavy (non-hydrogen) atoms. The molecule has 3 nitrogen and oxygen atoms in total. The van der Waals surface area contributed by atoms with E-state index in [1.54, 1.807) is 18.7 Å². The van der Waals surface area contributed by atoms with Crippen LogP contribution in [0.5, 0.6) is 0 Å². The Hall–Kier alpha value is -0.900. The Kier molecular flexibility index (Phi) is 4.47. The molecule has 2 atom stereocenters. The fraction of sp³-hybridized carbons (Fsp3) is 0.538. The monoisotopic (exact) mass is 223 g/mol. The zero-order chi connectivity index (χ0) is 12.3. The Bertz CT molecular complexity index is 340. The molecule has 0 radical (unpaired) electrons. The normalized spacial score (nSPS) is 15.2. The molecule has 1 aromatic rings. The van der Waals surface area contributed by atoms with Gasteiger partial charge in [0.25, 0.3) is 0 Å². The van der Waals surface area contributed by atoms with Crippen molar-refractivity contribution in [2.75, 3.05) is 0 Å². The Morgan fingerprint density at radius 2 is 1.69 bits per heavy atom. The Labute approximate surface area is 97.3 Å². The summed E-state index contributed by atoms with van der Waals surface area (Å²) in [6.45, 7) is 7.97. The number of hydrogen-bond donors (Lipinski definition) is 2. The lowest BCUT2D eigenvalue weighted by molar-refractivity contribution is -0.0898.